The molecule has 0 fully saturated rings. The topological polar surface area (TPSA) is 57.7 Å². The minimum atomic E-state index is -0.511. The standard InChI is InChI=1S/C18H19NO4/c1-5-7-12-8-9-14(23-10-6-2)16-15(21-3)11-13(18(20)22-4)19-17(12)16/h2,8-9,11H,5,7,10H2,1,3-4H3. The van der Waals surface area contributed by atoms with E-state index in [1.54, 1.807) is 6.07 Å². The number of aryl methyl sites for hydroxylation is 1. The van der Waals surface area contributed by atoms with Gasteiger partial charge in [0.2, 0.25) is 0 Å². The van der Waals surface area contributed by atoms with Gasteiger partial charge in [-0.15, -0.1) is 6.42 Å². The zero-order chi connectivity index (χ0) is 16.8. The fraction of sp³-hybridized carbons (Fsp3) is 0.333. The number of pyridine rings is 1. The Morgan fingerprint density at radius 1 is 1.30 bits per heavy atom. The highest BCUT2D eigenvalue weighted by atomic mass is 16.5. The van der Waals surface area contributed by atoms with E-state index in [2.05, 4.69) is 17.8 Å². The van der Waals surface area contributed by atoms with Crippen LogP contribution in [0.1, 0.15) is 29.4 Å². The molecule has 2 aromatic rings. The van der Waals surface area contributed by atoms with E-state index in [0.29, 0.717) is 22.4 Å². The van der Waals surface area contributed by atoms with Crippen molar-refractivity contribution in [2.75, 3.05) is 20.8 Å². The van der Waals surface area contributed by atoms with Crippen molar-refractivity contribution in [2.45, 2.75) is 19.8 Å². The molecule has 0 N–H and O–H groups in total. The molecule has 0 spiro atoms. The number of aromatic nitrogens is 1. The van der Waals surface area contributed by atoms with E-state index in [4.69, 9.17) is 20.6 Å². The number of nitrogens with zero attached hydrogens (tertiary/aromatic N) is 1. The van der Waals surface area contributed by atoms with Crippen LogP contribution in [-0.4, -0.2) is 31.8 Å². The molecule has 0 unspecified atom stereocenters. The summed E-state index contributed by atoms with van der Waals surface area (Å²) in [7, 11) is 2.85. The molecule has 5 heteroatoms. The quantitative estimate of drug-likeness (QED) is 0.606. The van der Waals surface area contributed by atoms with Gasteiger partial charge in [0.25, 0.3) is 0 Å². The molecule has 0 radical (unpaired) electrons. The van der Waals surface area contributed by atoms with Crippen molar-refractivity contribution in [2.24, 2.45) is 0 Å². The van der Waals surface area contributed by atoms with Crippen LogP contribution >= 0.6 is 0 Å². The van der Waals surface area contributed by atoms with E-state index in [1.165, 1.54) is 14.2 Å². The van der Waals surface area contributed by atoms with Crippen molar-refractivity contribution in [1.29, 1.82) is 0 Å². The Labute approximate surface area is 135 Å². The average molecular weight is 313 g/mol. The van der Waals surface area contributed by atoms with Gasteiger partial charge in [0.1, 0.15) is 18.1 Å². The van der Waals surface area contributed by atoms with Gasteiger partial charge in [0.05, 0.1) is 25.1 Å². The van der Waals surface area contributed by atoms with Gasteiger partial charge in [-0.3, -0.25) is 0 Å². The fourth-order valence-corrected chi connectivity index (χ4v) is 2.41. The summed E-state index contributed by atoms with van der Waals surface area (Å²) >= 11 is 0. The summed E-state index contributed by atoms with van der Waals surface area (Å²) in [5.74, 6) is 3.01. The third kappa shape index (κ3) is 3.37. The van der Waals surface area contributed by atoms with Crippen LogP contribution in [0.2, 0.25) is 0 Å². The van der Waals surface area contributed by atoms with Crippen LogP contribution in [0.5, 0.6) is 11.5 Å². The highest BCUT2D eigenvalue weighted by molar-refractivity contribution is 5.98. The number of methoxy groups -OCH3 is 2. The van der Waals surface area contributed by atoms with Crippen LogP contribution in [0.3, 0.4) is 0 Å². The Hall–Kier alpha value is -2.74. The third-order valence-corrected chi connectivity index (χ3v) is 3.41. The maximum Gasteiger partial charge on any atom is 0.356 e. The molecule has 1 heterocycles. The largest absolute Gasteiger partial charge is 0.496 e. The molecule has 1 aromatic carbocycles. The Morgan fingerprint density at radius 3 is 2.70 bits per heavy atom. The van der Waals surface area contributed by atoms with Gasteiger partial charge in [-0.2, -0.15) is 0 Å². The molecule has 1 aromatic heterocycles. The second-order valence-electron chi connectivity index (χ2n) is 4.89. The van der Waals surface area contributed by atoms with Gasteiger partial charge in [0.15, 0.2) is 5.69 Å². The number of esters is 1. The molecular weight excluding hydrogens is 294 g/mol. The lowest BCUT2D eigenvalue weighted by molar-refractivity contribution is 0.0594. The van der Waals surface area contributed by atoms with Crippen molar-refractivity contribution in [3.63, 3.8) is 0 Å². The minimum Gasteiger partial charge on any atom is -0.496 e. The van der Waals surface area contributed by atoms with Gasteiger partial charge in [-0.25, -0.2) is 9.78 Å². The zero-order valence-corrected chi connectivity index (χ0v) is 13.5. The van der Waals surface area contributed by atoms with E-state index >= 15 is 0 Å². The lowest BCUT2D eigenvalue weighted by Crippen LogP contribution is -2.07. The summed E-state index contributed by atoms with van der Waals surface area (Å²) < 4.78 is 15.8. The van der Waals surface area contributed by atoms with E-state index in [-0.39, 0.29) is 12.3 Å². The molecule has 120 valence electrons. The number of terminal acetylenes is 1. The van der Waals surface area contributed by atoms with Gasteiger partial charge < -0.3 is 14.2 Å². The lowest BCUT2D eigenvalue weighted by Gasteiger charge is -2.14. The molecule has 0 saturated carbocycles. The van der Waals surface area contributed by atoms with Crippen LogP contribution in [0, 0.1) is 12.3 Å². The summed E-state index contributed by atoms with van der Waals surface area (Å²) in [6, 6.07) is 5.34. The maximum atomic E-state index is 11.9. The normalized spacial score (nSPS) is 10.2. The van der Waals surface area contributed by atoms with Crippen LogP contribution in [0.25, 0.3) is 10.9 Å². The number of carbonyl (C=O) groups is 1. The number of hydrogen-bond donors (Lipinski definition) is 0. The Bertz CT molecular complexity index is 762. The second kappa shape index (κ2) is 7.50. The summed E-state index contributed by atoms with van der Waals surface area (Å²) in [4.78, 5) is 16.3. The van der Waals surface area contributed by atoms with Crippen LogP contribution in [0.4, 0.5) is 0 Å². The number of benzene rings is 1. The number of hydrogen-bond acceptors (Lipinski definition) is 5. The molecule has 23 heavy (non-hydrogen) atoms. The highest BCUT2D eigenvalue weighted by Crippen LogP contribution is 2.36. The van der Waals surface area contributed by atoms with E-state index < -0.39 is 5.97 Å². The molecule has 0 aliphatic heterocycles. The molecule has 0 aliphatic rings. The molecule has 0 atom stereocenters. The van der Waals surface area contributed by atoms with Gasteiger partial charge in [0, 0.05) is 6.07 Å². The zero-order valence-electron chi connectivity index (χ0n) is 13.5. The van der Waals surface area contributed by atoms with Crippen molar-refractivity contribution in [3.05, 3.63) is 29.5 Å². The predicted molar refractivity (Wildman–Crippen MR) is 88.0 cm³/mol. The molecule has 2 rings (SSSR count). The summed E-state index contributed by atoms with van der Waals surface area (Å²) in [6.45, 7) is 2.22. The second-order valence-corrected chi connectivity index (χ2v) is 4.89. The average Bonchev–Trinajstić information content (AvgIpc) is 2.59. The van der Waals surface area contributed by atoms with E-state index in [1.807, 2.05) is 12.1 Å². The fourth-order valence-electron chi connectivity index (χ4n) is 2.41. The molecular formula is C18H19NO4. The number of ether oxygens (including phenoxy) is 3. The van der Waals surface area contributed by atoms with Crippen LogP contribution in [0.15, 0.2) is 18.2 Å². The Balaban J connectivity index is 2.75. The first-order chi connectivity index (χ1) is 11.2. The number of rotatable bonds is 6. The number of fused-ring (bicyclic) bond motifs is 1. The first-order valence-corrected chi connectivity index (χ1v) is 7.31. The third-order valence-electron chi connectivity index (χ3n) is 3.41. The van der Waals surface area contributed by atoms with Crippen molar-refractivity contribution in [1.82, 2.24) is 4.98 Å². The van der Waals surface area contributed by atoms with Gasteiger partial charge in [-0.1, -0.05) is 25.3 Å². The van der Waals surface area contributed by atoms with Gasteiger partial charge in [-0.05, 0) is 18.1 Å². The van der Waals surface area contributed by atoms with E-state index in [9.17, 15) is 4.79 Å². The first kappa shape index (κ1) is 16.6. The smallest absolute Gasteiger partial charge is 0.356 e. The summed E-state index contributed by atoms with van der Waals surface area (Å²) in [5.41, 5.74) is 1.88. The molecule has 0 bridgehead atoms. The number of carbonyl (C=O) groups excluding carboxylic acids is 1. The Morgan fingerprint density at radius 2 is 2.09 bits per heavy atom. The summed E-state index contributed by atoms with van der Waals surface area (Å²) in [5, 5.41) is 0.710. The summed E-state index contributed by atoms with van der Waals surface area (Å²) in [6.07, 6.45) is 7.04. The molecule has 5 nitrogen and oxygen atoms in total. The minimum absolute atomic E-state index is 0.143. The predicted octanol–water partition coefficient (Wildman–Crippen LogP) is 2.99. The highest BCUT2D eigenvalue weighted by Gasteiger charge is 2.18. The molecule has 0 aliphatic carbocycles. The van der Waals surface area contributed by atoms with Crippen molar-refractivity contribution in [3.8, 4) is 23.8 Å². The van der Waals surface area contributed by atoms with Crippen molar-refractivity contribution < 1.29 is 19.0 Å². The van der Waals surface area contributed by atoms with E-state index in [0.717, 1.165) is 18.4 Å². The maximum absolute atomic E-state index is 11.9. The first-order valence-electron chi connectivity index (χ1n) is 7.31. The molecule has 0 amide bonds. The molecule has 0 saturated heterocycles. The van der Waals surface area contributed by atoms with Crippen molar-refractivity contribution >= 4 is 16.9 Å². The van der Waals surface area contributed by atoms with Crippen LogP contribution < -0.4 is 9.47 Å². The SMILES string of the molecule is C#CCOc1ccc(CCC)c2nc(C(=O)OC)cc(OC)c12. The Kier molecular flexibility index (Phi) is 5.42. The lowest BCUT2D eigenvalue weighted by atomic mass is 10.0. The van der Waals surface area contributed by atoms with Crippen LogP contribution in [-0.2, 0) is 11.2 Å². The van der Waals surface area contributed by atoms with Gasteiger partial charge >= 0.3 is 5.97 Å². The monoisotopic (exact) mass is 313 g/mol.